The molecule has 0 saturated heterocycles. The Bertz CT molecular complexity index is 555. The van der Waals surface area contributed by atoms with E-state index < -0.39 is 0 Å². The van der Waals surface area contributed by atoms with Crippen molar-refractivity contribution in [3.05, 3.63) is 35.4 Å². The standard InChI is InChI=1S/C13H17N5O/c1-8-4-6-10(7-5-8)9(2)15-12-16-11(14)17-13(18-12)19-3/h4-7,9H,1-3H3,(H3,14,15,16,17,18). The third kappa shape index (κ3) is 3.31. The first kappa shape index (κ1) is 13.1. The van der Waals surface area contributed by atoms with E-state index in [4.69, 9.17) is 10.5 Å². The molecule has 6 nitrogen and oxygen atoms in total. The van der Waals surface area contributed by atoms with Gasteiger partial charge in [-0.1, -0.05) is 29.8 Å². The van der Waals surface area contributed by atoms with Crippen LogP contribution in [0.1, 0.15) is 24.1 Å². The van der Waals surface area contributed by atoms with Gasteiger partial charge in [0.05, 0.1) is 13.2 Å². The van der Waals surface area contributed by atoms with E-state index in [2.05, 4.69) is 51.5 Å². The third-order valence-corrected chi connectivity index (χ3v) is 2.74. The highest BCUT2D eigenvalue weighted by Gasteiger charge is 2.09. The number of anilines is 2. The molecule has 1 heterocycles. The maximum absolute atomic E-state index is 5.59. The number of hydrogen-bond acceptors (Lipinski definition) is 6. The number of nitrogen functional groups attached to an aromatic ring is 1. The van der Waals surface area contributed by atoms with Crippen LogP contribution < -0.4 is 15.8 Å². The highest BCUT2D eigenvalue weighted by molar-refractivity contribution is 5.36. The normalized spacial score (nSPS) is 11.9. The Kier molecular flexibility index (Phi) is 3.79. The lowest BCUT2D eigenvalue weighted by atomic mass is 10.1. The Morgan fingerprint density at radius 3 is 2.47 bits per heavy atom. The van der Waals surface area contributed by atoms with Gasteiger partial charge in [0.25, 0.3) is 0 Å². The van der Waals surface area contributed by atoms with E-state index in [0.29, 0.717) is 5.95 Å². The topological polar surface area (TPSA) is 86.0 Å². The van der Waals surface area contributed by atoms with Crippen LogP contribution in [0.2, 0.25) is 0 Å². The zero-order valence-electron chi connectivity index (χ0n) is 11.2. The molecule has 3 N–H and O–H groups in total. The minimum Gasteiger partial charge on any atom is -0.467 e. The Labute approximate surface area is 112 Å². The highest BCUT2D eigenvalue weighted by atomic mass is 16.5. The molecule has 2 aromatic rings. The van der Waals surface area contributed by atoms with Crippen molar-refractivity contribution in [3.63, 3.8) is 0 Å². The Morgan fingerprint density at radius 1 is 1.16 bits per heavy atom. The molecular formula is C13H17N5O. The second-order valence-electron chi connectivity index (χ2n) is 4.28. The van der Waals surface area contributed by atoms with E-state index in [1.54, 1.807) is 0 Å². The van der Waals surface area contributed by atoms with Crippen LogP contribution in [0.15, 0.2) is 24.3 Å². The summed E-state index contributed by atoms with van der Waals surface area (Å²) in [6.07, 6.45) is 0. The average Bonchev–Trinajstić information content (AvgIpc) is 2.38. The van der Waals surface area contributed by atoms with Gasteiger partial charge in [-0.2, -0.15) is 15.0 Å². The molecule has 0 radical (unpaired) electrons. The molecule has 1 aromatic carbocycles. The van der Waals surface area contributed by atoms with Crippen LogP contribution in [0.3, 0.4) is 0 Å². The number of aromatic nitrogens is 3. The summed E-state index contributed by atoms with van der Waals surface area (Å²) in [4.78, 5) is 12.0. The zero-order valence-corrected chi connectivity index (χ0v) is 11.2. The summed E-state index contributed by atoms with van der Waals surface area (Å²) in [5, 5.41) is 3.17. The molecule has 2 rings (SSSR count). The predicted octanol–water partition coefficient (Wildman–Crippen LogP) is 1.94. The summed E-state index contributed by atoms with van der Waals surface area (Å²) < 4.78 is 4.96. The van der Waals surface area contributed by atoms with Crippen molar-refractivity contribution in [2.45, 2.75) is 19.9 Å². The summed E-state index contributed by atoms with van der Waals surface area (Å²) in [5.41, 5.74) is 7.95. The number of benzene rings is 1. The Hall–Kier alpha value is -2.37. The SMILES string of the molecule is COc1nc(N)nc(NC(C)c2ccc(C)cc2)n1. The van der Waals surface area contributed by atoms with Crippen molar-refractivity contribution in [1.29, 1.82) is 0 Å². The van der Waals surface area contributed by atoms with E-state index in [1.807, 2.05) is 6.92 Å². The maximum Gasteiger partial charge on any atom is 0.322 e. The van der Waals surface area contributed by atoms with Gasteiger partial charge in [0.15, 0.2) is 0 Å². The van der Waals surface area contributed by atoms with Crippen LogP contribution in [0.25, 0.3) is 0 Å². The molecule has 0 saturated carbocycles. The molecule has 0 bridgehead atoms. The molecule has 0 amide bonds. The van der Waals surface area contributed by atoms with Gasteiger partial charge >= 0.3 is 6.01 Å². The van der Waals surface area contributed by atoms with E-state index in [1.165, 1.54) is 12.7 Å². The molecule has 0 spiro atoms. The fraction of sp³-hybridized carbons (Fsp3) is 0.308. The second-order valence-corrected chi connectivity index (χ2v) is 4.28. The summed E-state index contributed by atoms with van der Waals surface area (Å²) >= 11 is 0. The Balaban J connectivity index is 2.16. The lowest BCUT2D eigenvalue weighted by molar-refractivity contribution is 0.379. The van der Waals surface area contributed by atoms with Gasteiger partial charge in [0.1, 0.15) is 0 Å². The van der Waals surface area contributed by atoms with Crippen LogP contribution in [0, 0.1) is 6.92 Å². The largest absolute Gasteiger partial charge is 0.467 e. The smallest absolute Gasteiger partial charge is 0.322 e. The Morgan fingerprint density at radius 2 is 1.84 bits per heavy atom. The van der Waals surface area contributed by atoms with Crippen LogP contribution >= 0.6 is 0 Å². The quantitative estimate of drug-likeness (QED) is 0.872. The zero-order chi connectivity index (χ0) is 13.8. The number of ether oxygens (including phenoxy) is 1. The molecule has 0 fully saturated rings. The van der Waals surface area contributed by atoms with E-state index in [9.17, 15) is 0 Å². The van der Waals surface area contributed by atoms with Gasteiger partial charge in [-0.15, -0.1) is 0 Å². The molecule has 100 valence electrons. The molecule has 1 unspecified atom stereocenters. The number of nitrogens with two attached hydrogens (primary N) is 1. The number of methoxy groups -OCH3 is 1. The lowest BCUT2D eigenvalue weighted by Gasteiger charge is -2.14. The molecule has 6 heteroatoms. The van der Waals surface area contributed by atoms with Gasteiger partial charge < -0.3 is 15.8 Å². The third-order valence-electron chi connectivity index (χ3n) is 2.74. The van der Waals surface area contributed by atoms with Gasteiger partial charge in [-0.05, 0) is 19.4 Å². The second kappa shape index (κ2) is 5.51. The van der Waals surface area contributed by atoms with Crippen LogP contribution in [0.4, 0.5) is 11.9 Å². The predicted molar refractivity (Wildman–Crippen MR) is 74.0 cm³/mol. The first-order chi connectivity index (χ1) is 9.08. The minimum atomic E-state index is 0.0621. The molecule has 0 aliphatic rings. The first-order valence-corrected chi connectivity index (χ1v) is 5.97. The van der Waals surface area contributed by atoms with Gasteiger partial charge in [-0.3, -0.25) is 0 Å². The number of aryl methyl sites for hydroxylation is 1. The van der Waals surface area contributed by atoms with Crippen LogP contribution in [-0.2, 0) is 0 Å². The summed E-state index contributed by atoms with van der Waals surface area (Å²) in [7, 11) is 1.49. The van der Waals surface area contributed by atoms with Crippen molar-refractivity contribution in [3.8, 4) is 6.01 Å². The monoisotopic (exact) mass is 259 g/mol. The first-order valence-electron chi connectivity index (χ1n) is 5.97. The van der Waals surface area contributed by atoms with Crippen molar-refractivity contribution in [2.24, 2.45) is 0 Å². The number of rotatable bonds is 4. The number of nitrogens with zero attached hydrogens (tertiary/aromatic N) is 3. The lowest BCUT2D eigenvalue weighted by Crippen LogP contribution is -2.12. The molecule has 0 aliphatic carbocycles. The molecular weight excluding hydrogens is 242 g/mol. The maximum atomic E-state index is 5.59. The van der Waals surface area contributed by atoms with Crippen LogP contribution in [0.5, 0.6) is 6.01 Å². The van der Waals surface area contributed by atoms with Gasteiger partial charge in [0.2, 0.25) is 11.9 Å². The summed E-state index contributed by atoms with van der Waals surface area (Å²) in [5.74, 6) is 0.530. The molecule has 1 aromatic heterocycles. The van der Waals surface area contributed by atoms with Crippen molar-refractivity contribution < 1.29 is 4.74 Å². The van der Waals surface area contributed by atoms with E-state index in [0.717, 1.165) is 5.56 Å². The van der Waals surface area contributed by atoms with E-state index in [-0.39, 0.29) is 18.0 Å². The van der Waals surface area contributed by atoms with Crippen molar-refractivity contribution in [2.75, 3.05) is 18.2 Å². The summed E-state index contributed by atoms with van der Waals surface area (Å²) in [6, 6.07) is 8.52. The molecule has 0 aliphatic heterocycles. The minimum absolute atomic E-state index is 0.0621. The molecule has 19 heavy (non-hydrogen) atoms. The van der Waals surface area contributed by atoms with Crippen LogP contribution in [-0.4, -0.2) is 22.1 Å². The van der Waals surface area contributed by atoms with Crippen molar-refractivity contribution in [1.82, 2.24) is 15.0 Å². The fourth-order valence-electron chi connectivity index (χ4n) is 1.66. The highest BCUT2D eigenvalue weighted by Crippen LogP contribution is 2.18. The van der Waals surface area contributed by atoms with Gasteiger partial charge in [-0.25, -0.2) is 0 Å². The van der Waals surface area contributed by atoms with Crippen molar-refractivity contribution >= 4 is 11.9 Å². The summed E-state index contributed by atoms with van der Waals surface area (Å²) in [6.45, 7) is 4.08. The number of hydrogen-bond donors (Lipinski definition) is 2. The van der Waals surface area contributed by atoms with Gasteiger partial charge in [0, 0.05) is 0 Å². The molecule has 1 atom stereocenters. The number of nitrogens with one attached hydrogen (secondary N) is 1. The van der Waals surface area contributed by atoms with E-state index >= 15 is 0 Å². The fourth-order valence-corrected chi connectivity index (χ4v) is 1.66. The average molecular weight is 259 g/mol.